The van der Waals surface area contributed by atoms with Crippen molar-refractivity contribution in [3.05, 3.63) is 36.3 Å². The zero-order valence-corrected chi connectivity index (χ0v) is 8.29. The second-order valence-corrected chi connectivity index (χ2v) is 3.11. The first-order chi connectivity index (χ1) is 7.28. The van der Waals surface area contributed by atoms with E-state index in [0.29, 0.717) is 11.6 Å². The van der Waals surface area contributed by atoms with Crippen molar-refractivity contribution in [3.63, 3.8) is 0 Å². The summed E-state index contributed by atoms with van der Waals surface area (Å²) in [5.41, 5.74) is 0.758. The molecule has 2 aromatic heterocycles. The van der Waals surface area contributed by atoms with Crippen LogP contribution in [0.4, 0.5) is 0 Å². The highest BCUT2D eigenvalue weighted by Gasteiger charge is 2.00. The molecule has 0 aromatic carbocycles. The Morgan fingerprint density at radius 2 is 2.27 bits per heavy atom. The molecule has 5 heteroatoms. The lowest BCUT2D eigenvalue weighted by Gasteiger charge is -2.01. The Morgan fingerprint density at radius 1 is 1.40 bits per heavy atom. The number of nitrogens with zero attached hydrogens (tertiary/aromatic N) is 3. The maximum Gasteiger partial charge on any atom is 0.219 e. The molecule has 15 heavy (non-hydrogen) atoms. The molecule has 78 valence electrons. The number of pyridine rings is 1. The summed E-state index contributed by atoms with van der Waals surface area (Å²) in [5.74, 6) is 1.13. The molecule has 0 atom stereocenters. The Labute approximate surface area is 87.0 Å². The molecule has 0 saturated heterocycles. The van der Waals surface area contributed by atoms with Crippen LogP contribution in [0.1, 0.15) is 5.56 Å². The average Bonchev–Trinajstić information content (AvgIpc) is 2.65. The molecule has 0 aliphatic rings. The standard InChI is InChI=1S/C10H11N3O2/c1-13-6-9(5-12-13)15-10-3-2-8(7-14)4-11-10/h2-6,14H,7H2,1H3. The quantitative estimate of drug-likeness (QED) is 0.815. The Bertz CT molecular complexity index is 436. The highest BCUT2D eigenvalue weighted by Crippen LogP contribution is 2.17. The minimum atomic E-state index is -0.0137. The molecule has 1 N–H and O–H groups in total. The van der Waals surface area contributed by atoms with Gasteiger partial charge in [0.25, 0.3) is 0 Å². The number of ether oxygens (including phenoxy) is 1. The summed E-state index contributed by atoms with van der Waals surface area (Å²) in [6, 6.07) is 3.47. The van der Waals surface area contributed by atoms with Crippen molar-refractivity contribution in [2.24, 2.45) is 7.05 Å². The van der Waals surface area contributed by atoms with E-state index in [9.17, 15) is 0 Å². The Balaban J connectivity index is 2.11. The molecule has 2 aromatic rings. The van der Waals surface area contributed by atoms with Crippen LogP contribution in [0.5, 0.6) is 11.6 Å². The fourth-order valence-corrected chi connectivity index (χ4v) is 1.14. The van der Waals surface area contributed by atoms with Crippen LogP contribution in [0.2, 0.25) is 0 Å². The summed E-state index contributed by atoms with van der Waals surface area (Å²) in [5, 5.41) is 12.8. The third-order valence-corrected chi connectivity index (χ3v) is 1.88. The molecular weight excluding hydrogens is 194 g/mol. The van der Waals surface area contributed by atoms with Crippen LogP contribution in [-0.4, -0.2) is 19.9 Å². The first-order valence-electron chi connectivity index (χ1n) is 4.50. The monoisotopic (exact) mass is 205 g/mol. The maximum atomic E-state index is 8.83. The molecule has 0 fully saturated rings. The van der Waals surface area contributed by atoms with Gasteiger partial charge in [-0.15, -0.1) is 0 Å². The van der Waals surface area contributed by atoms with E-state index in [1.165, 1.54) is 0 Å². The number of aryl methyl sites for hydroxylation is 1. The molecule has 2 heterocycles. The SMILES string of the molecule is Cn1cc(Oc2ccc(CO)cn2)cn1. The molecular formula is C10H11N3O2. The predicted molar refractivity (Wildman–Crippen MR) is 53.4 cm³/mol. The number of aliphatic hydroxyl groups is 1. The van der Waals surface area contributed by atoms with Crippen molar-refractivity contribution >= 4 is 0 Å². The van der Waals surface area contributed by atoms with Crippen LogP contribution in [0.3, 0.4) is 0 Å². The van der Waals surface area contributed by atoms with Crippen LogP contribution in [0, 0.1) is 0 Å². The molecule has 0 unspecified atom stereocenters. The number of aromatic nitrogens is 3. The third-order valence-electron chi connectivity index (χ3n) is 1.88. The minimum absolute atomic E-state index is 0.0137. The molecule has 0 aliphatic carbocycles. The van der Waals surface area contributed by atoms with Gasteiger partial charge >= 0.3 is 0 Å². The molecule has 2 rings (SSSR count). The van der Waals surface area contributed by atoms with Crippen molar-refractivity contribution in [1.29, 1.82) is 0 Å². The van der Waals surface area contributed by atoms with Gasteiger partial charge < -0.3 is 9.84 Å². The smallest absolute Gasteiger partial charge is 0.219 e. The first kappa shape index (κ1) is 9.67. The largest absolute Gasteiger partial charge is 0.436 e. The summed E-state index contributed by atoms with van der Waals surface area (Å²) >= 11 is 0. The summed E-state index contributed by atoms with van der Waals surface area (Å²) in [4.78, 5) is 4.03. The van der Waals surface area contributed by atoms with E-state index >= 15 is 0 Å². The second kappa shape index (κ2) is 4.10. The van der Waals surface area contributed by atoms with Gasteiger partial charge in [-0.3, -0.25) is 4.68 Å². The number of hydrogen-bond acceptors (Lipinski definition) is 4. The molecule has 0 bridgehead atoms. The lowest BCUT2D eigenvalue weighted by molar-refractivity contribution is 0.281. The van der Waals surface area contributed by atoms with E-state index in [0.717, 1.165) is 5.56 Å². The van der Waals surface area contributed by atoms with E-state index in [2.05, 4.69) is 10.1 Å². The first-order valence-corrected chi connectivity index (χ1v) is 4.50. The second-order valence-electron chi connectivity index (χ2n) is 3.11. The Hall–Kier alpha value is -1.88. The highest BCUT2D eigenvalue weighted by atomic mass is 16.5. The van der Waals surface area contributed by atoms with E-state index in [4.69, 9.17) is 9.84 Å². The van der Waals surface area contributed by atoms with Crippen molar-refractivity contribution in [2.45, 2.75) is 6.61 Å². The van der Waals surface area contributed by atoms with Gasteiger partial charge in [0.2, 0.25) is 5.88 Å². The molecule has 5 nitrogen and oxygen atoms in total. The summed E-state index contributed by atoms with van der Waals surface area (Å²) < 4.78 is 7.07. The van der Waals surface area contributed by atoms with Gasteiger partial charge in [0.15, 0.2) is 5.75 Å². The third kappa shape index (κ3) is 2.32. The fraction of sp³-hybridized carbons (Fsp3) is 0.200. The van der Waals surface area contributed by atoms with Crippen LogP contribution < -0.4 is 4.74 Å². The van der Waals surface area contributed by atoms with Gasteiger partial charge in [-0.1, -0.05) is 0 Å². The average molecular weight is 205 g/mol. The van der Waals surface area contributed by atoms with Crippen LogP contribution in [0.25, 0.3) is 0 Å². The van der Waals surface area contributed by atoms with Crippen molar-refractivity contribution in [1.82, 2.24) is 14.8 Å². The van der Waals surface area contributed by atoms with Crippen molar-refractivity contribution in [3.8, 4) is 11.6 Å². The normalized spacial score (nSPS) is 10.3. The summed E-state index contributed by atoms with van der Waals surface area (Å²) in [6.45, 7) is -0.0137. The van der Waals surface area contributed by atoms with Gasteiger partial charge in [0, 0.05) is 19.3 Å². The fourth-order valence-electron chi connectivity index (χ4n) is 1.14. The van der Waals surface area contributed by atoms with Gasteiger partial charge in [-0.2, -0.15) is 5.10 Å². The zero-order chi connectivity index (χ0) is 10.7. The highest BCUT2D eigenvalue weighted by molar-refractivity contribution is 5.23. The number of hydrogen-bond donors (Lipinski definition) is 1. The van der Waals surface area contributed by atoms with E-state index < -0.39 is 0 Å². The van der Waals surface area contributed by atoms with Gasteiger partial charge in [-0.25, -0.2) is 4.98 Å². The van der Waals surface area contributed by atoms with Crippen molar-refractivity contribution in [2.75, 3.05) is 0 Å². The Morgan fingerprint density at radius 3 is 2.80 bits per heavy atom. The van der Waals surface area contributed by atoms with Crippen LogP contribution in [-0.2, 0) is 13.7 Å². The number of aliphatic hydroxyl groups excluding tert-OH is 1. The molecule has 0 aliphatic heterocycles. The Kier molecular flexibility index (Phi) is 2.64. The van der Waals surface area contributed by atoms with Crippen molar-refractivity contribution < 1.29 is 9.84 Å². The topological polar surface area (TPSA) is 60.2 Å². The summed E-state index contributed by atoms with van der Waals surface area (Å²) in [6.07, 6.45) is 4.94. The molecule has 0 spiro atoms. The van der Waals surface area contributed by atoms with Crippen LogP contribution >= 0.6 is 0 Å². The van der Waals surface area contributed by atoms with Gasteiger partial charge in [0.05, 0.1) is 19.0 Å². The summed E-state index contributed by atoms with van der Waals surface area (Å²) in [7, 11) is 1.81. The molecule has 0 amide bonds. The molecule has 0 saturated carbocycles. The van der Waals surface area contributed by atoms with E-state index in [-0.39, 0.29) is 6.61 Å². The minimum Gasteiger partial charge on any atom is -0.436 e. The lowest BCUT2D eigenvalue weighted by Crippen LogP contribution is -1.89. The predicted octanol–water partition coefficient (Wildman–Crippen LogP) is 1.10. The van der Waals surface area contributed by atoms with E-state index in [1.807, 2.05) is 7.05 Å². The maximum absolute atomic E-state index is 8.83. The van der Waals surface area contributed by atoms with E-state index in [1.54, 1.807) is 35.4 Å². The number of rotatable bonds is 3. The van der Waals surface area contributed by atoms with Gasteiger partial charge in [-0.05, 0) is 11.6 Å². The molecule has 0 radical (unpaired) electrons. The lowest BCUT2D eigenvalue weighted by atomic mass is 10.3. The zero-order valence-electron chi connectivity index (χ0n) is 8.29. The van der Waals surface area contributed by atoms with Gasteiger partial charge in [0.1, 0.15) is 0 Å². The van der Waals surface area contributed by atoms with Crippen LogP contribution in [0.15, 0.2) is 30.7 Å².